The molecule has 2 aromatic heterocycles. The van der Waals surface area contributed by atoms with Crippen molar-refractivity contribution in [3.8, 4) is 17.6 Å². The van der Waals surface area contributed by atoms with Gasteiger partial charge in [-0.3, -0.25) is 4.79 Å². The molecule has 2 bridgehead atoms. The minimum absolute atomic E-state index is 0.00607. The number of likely N-dealkylation sites (tertiary alicyclic amines) is 1. The number of fused-ring (bicyclic) bond motifs is 3. The van der Waals surface area contributed by atoms with Gasteiger partial charge in [0.2, 0.25) is 0 Å². The van der Waals surface area contributed by atoms with Gasteiger partial charge in [-0.05, 0) is 67.9 Å². The summed E-state index contributed by atoms with van der Waals surface area (Å²) in [7, 11) is 1.82. The molecular weight excluding hydrogens is 481 g/mol. The molecule has 2 aliphatic carbocycles. The Morgan fingerprint density at radius 3 is 2.66 bits per heavy atom. The van der Waals surface area contributed by atoms with E-state index in [1.165, 1.54) is 18.9 Å². The lowest BCUT2D eigenvalue weighted by Crippen LogP contribution is -2.41. The highest BCUT2D eigenvalue weighted by atomic mass is 19.1. The Kier molecular flexibility index (Phi) is 4.41. The minimum Gasteiger partial charge on any atom is -0.381 e. The van der Waals surface area contributed by atoms with Crippen molar-refractivity contribution in [1.82, 2.24) is 19.0 Å². The number of halogens is 1. The van der Waals surface area contributed by atoms with E-state index in [9.17, 15) is 10.1 Å². The molecule has 0 unspecified atom stereocenters. The SMILES string of the molecule is Cn1c(-c2cc3c(C#N)ccc4c3n2[C@H](C2CC2)CN4)nc2cc(C(=O)N3C[C@H]4CC[C@@H]3[C@@H]4N)cc(F)c21. The number of hydrogen-bond acceptors (Lipinski definition) is 5. The number of amides is 1. The average Bonchev–Trinajstić information content (AvgIpc) is 3.36. The van der Waals surface area contributed by atoms with Crippen LogP contribution in [0, 0.1) is 29.0 Å². The van der Waals surface area contributed by atoms with E-state index in [1.807, 2.05) is 30.1 Å². The van der Waals surface area contributed by atoms with Crippen LogP contribution in [-0.4, -0.2) is 50.1 Å². The van der Waals surface area contributed by atoms with Crippen LogP contribution in [0.25, 0.3) is 33.5 Å². The average molecular weight is 510 g/mol. The van der Waals surface area contributed by atoms with E-state index < -0.39 is 5.82 Å². The van der Waals surface area contributed by atoms with Crippen LogP contribution in [0.15, 0.2) is 30.3 Å². The molecule has 1 saturated heterocycles. The van der Waals surface area contributed by atoms with Gasteiger partial charge in [0.25, 0.3) is 5.91 Å². The number of carbonyl (C=O) groups excluding carboxylic acids is 1. The van der Waals surface area contributed by atoms with Crippen LogP contribution in [0.1, 0.15) is 47.6 Å². The van der Waals surface area contributed by atoms with Gasteiger partial charge >= 0.3 is 0 Å². The second kappa shape index (κ2) is 7.58. The van der Waals surface area contributed by atoms with Crippen molar-refractivity contribution in [3.63, 3.8) is 0 Å². The maximum atomic E-state index is 15.6. The summed E-state index contributed by atoms with van der Waals surface area (Å²) >= 11 is 0. The molecule has 4 heterocycles. The molecule has 38 heavy (non-hydrogen) atoms. The lowest BCUT2D eigenvalue weighted by Gasteiger charge is -2.29. The number of hydrogen-bond donors (Lipinski definition) is 2. The van der Waals surface area contributed by atoms with Gasteiger partial charge in [0.1, 0.15) is 11.3 Å². The van der Waals surface area contributed by atoms with Gasteiger partial charge in [-0.25, -0.2) is 9.37 Å². The Labute approximate surface area is 218 Å². The highest BCUT2D eigenvalue weighted by Crippen LogP contribution is 2.48. The van der Waals surface area contributed by atoms with Crippen molar-refractivity contribution in [1.29, 1.82) is 5.26 Å². The smallest absolute Gasteiger partial charge is 0.254 e. The van der Waals surface area contributed by atoms with Crippen LogP contribution in [0.4, 0.5) is 10.1 Å². The molecule has 3 N–H and O–H groups in total. The first kappa shape index (κ1) is 22.1. The van der Waals surface area contributed by atoms with E-state index in [2.05, 4.69) is 16.0 Å². The number of nitriles is 1. The fraction of sp³-hybridized carbons (Fsp3) is 0.414. The van der Waals surface area contributed by atoms with E-state index in [4.69, 9.17) is 10.7 Å². The third-order valence-electron chi connectivity index (χ3n) is 9.43. The molecule has 4 aromatic rings. The molecule has 0 spiro atoms. The van der Waals surface area contributed by atoms with Gasteiger partial charge in [0.05, 0.1) is 40.1 Å². The number of nitrogens with one attached hydrogen (secondary N) is 1. The van der Waals surface area contributed by atoms with E-state index >= 15 is 4.39 Å². The number of aromatic nitrogens is 3. The number of imidazole rings is 1. The Morgan fingerprint density at radius 2 is 1.95 bits per heavy atom. The molecule has 192 valence electrons. The third kappa shape index (κ3) is 2.86. The van der Waals surface area contributed by atoms with Crippen LogP contribution in [-0.2, 0) is 7.05 Å². The maximum Gasteiger partial charge on any atom is 0.254 e. The standard InChI is InChI=1S/C29H28FN7O/c1-35-27-19(30)8-17(29(38)36-13-16-5-7-22(36)25(16)32)9-21(27)34-28(35)23-10-18-15(11-31)4-6-20-26(18)37(23)24(12-33-20)14-2-3-14/h4,6,8-10,14,16,22,24-25,33H,2-3,5,7,12-13,32H2,1H3/t16-,22-,24+,25-/m1/s1. The van der Waals surface area contributed by atoms with Gasteiger partial charge in [-0.2, -0.15) is 5.26 Å². The van der Waals surface area contributed by atoms with Crippen molar-refractivity contribution >= 4 is 33.5 Å². The summed E-state index contributed by atoms with van der Waals surface area (Å²) < 4.78 is 19.7. The van der Waals surface area contributed by atoms with E-state index in [-0.39, 0.29) is 24.0 Å². The van der Waals surface area contributed by atoms with Gasteiger partial charge in [0.15, 0.2) is 5.82 Å². The van der Waals surface area contributed by atoms with Crippen molar-refractivity contribution in [2.75, 3.05) is 18.4 Å². The molecule has 4 atom stereocenters. The highest BCUT2D eigenvalue weighted by Gasteiger charge is 2.47. The van der Waals surface area contributed by atoms with Crippen LogP contribution in [0.3, 0.4) is 0 Å². The maximum absolute atomic E-state index is 15.6. The largest absolute Gasteiger partial charge is 0.381 e. The molecule has 2 aromatic carbocycles. The van der Waals surface area contributed by atoms with Crippen LogP contribution in [0.2, 0.25) is 0 Å². The lowest BCUT2D eigenvalue weighted by atomic mass is 10.1. The number of piperidine rings is 1. The predicted molar refractivity (Wildman–Crippen MR) is 142 cm³/mol. The molecule has 9 heteroatoms. The summed E-state index contributed by atoms with van der Waals surface area (Å²) in [6.07, 6.45) is 4.30. The third-order valence-corrected chi connectivity index (χ3v) is 9.43. The first-order chi connectivity index (χ1) is 18.4. The summed E-state index contributed by atoms with van der Waals surface area (Å²) in [6, 6.07) is 11.5. The zero-order valence-electron chi connectivity index (χ0n) is 21.1. The van der Waals surface area contributed by atoms with Crippen LogP contribution < -0.4 is 11.1 Å². The number of carbonyl (C=O) groups is 1. The number of anilines is 1. The van der Waals surface area contributed by atoms with E-state index in [0.29, 0.717) is 46.4 Å². The van der Waals surface area contributed by atoms with Gasteiger partial charge in [0, 0.05) is 43.2 Å². The molecule has 4 aliphatic rings. The number of aryl methyl sites for hydroxylation is 1. The molecule has 2 saturated carbocycles. The Morgan fingerprint density at radius 1 is 1.13 bits per heavy atom. The summed E-state index contributed by atoms with van der Waals surface area (Å²) in [5.74, 6) is 0.885. The molecule has 1 amide bonds. The number of benzene rings is 2. The first-order valence-electron chi connectivity index (χ1n) is 13.5. The van der Waals surface area contributed by atoms with Gasteiger partial charge in [-0.15, -0.1) is 0 Å². The Hall–Kier alpha value is -3.90. The molecule has 0 radical (unpaired) electrons. The number of nitrogens with two attached hydrogens (primary N) is 1. The fourth-order valence-electron chi connectivity index (χ4n) is 7.36. The van der Waals surface area contributed by atoms with Crippen LogP contribution in [0.5, 0.6) is 0 Å². The second-order valence-electron chi connectivity index (χ2n) is 11.5. The predicted octanol–water partition coefficient (Wildman–Crippen LogP) is 4.14. The molecule has 8 nitrogen and oxygen atoms in total. The quantitative estimate of drug-likeness (QED) is 0.432. The molecule has 3 fully saturated rings. The Balaban J connectivity index is 1.29. The topological polar surface area (TPSA) is 105 Å². The zero-order valence-corrected chi connectivity index (χ0v) is 21.1. The zero-order chi connectivity index (χ0) is 25.9. The summed E-state index contributed by atoms with van der Waals surface area (Å²) in [4.78, 5) is 20.2. The molecular formula is C29H28FN7O. The summed E-state index contributed by atoms with van der Waals surface area (Å²) in [5.41, 5.74) is 10.9. The first-order valence-corrected chi connectivity index (χ1v) is 13.5. The van der Waals surface area contributed by atoms with Gasteiger partial charge < -0.3 is 25.1 Å². The lowest BCUT2D eigenvalue weighted by molar-refractivity contribution is 0.0700. The number of rotatable bonds is 3. The summed E-state index contributed by atoms with van der Waals surface area (Å²) in [5, 5.41) is 14.2. The van der Waals surface area contributed by atoms with Crippen LogP contribution >= 0.6 is 0 Å². The fourth-order valence-corrected chi connectivity index (χ4v) is 7.36. The second-order valence-corrected chi connectivity index (χ2v) is 11.5. The van der Waals surface area contributed by atoms with Crippen molar-refractivity contribution in [2.45, 2.75) is 43.8 Å². The molecule has 8 rings (SSSR count). The monoisotopic (exact) mass is 509 g/mol. The minimum atomic E-state index is -0.464. The van der Waals surface area contributed by atoms with Crippen molar-refractivity contribution < 1.29 is 9.18 Å². The Bertz CT molecular complexity index is 1720. The normalized spacial score (nSPS) is 25.8. The highest BCUT2D eigenvalue weighted by molar-refractivity contribution is 6.01. The summed E-state index contributed by atoms with van der Waals surface area (Å²) in [6.45, 7) is 1.44. The van der Waals surface area contributed by atoms with Crippen molar-refractivity contribution in [2.24, 2.45) is 24.6 Å². The van der Waals surface area contributed by atoms with E-state index in [1.54, 1.807) is 10.6 Å². The van der Waals surface area contributed by atoms with E-state index in [0.717, 1.165) is 41.7 Å². The molecule has 2 aliphatic heterocycles. The van der Waals surface area contributed by atoms with Crippen molar-refractivity contribution in [3.05, 3.63) is 47.3 Å². The van der Waals surface area contributed by atoms with Gasteiger partial charge in [-0.1, -0.05) is 0 Å². The number of nitrogens with zero attached hydrogens (tertiary/aromatic N) is 5.